The van der Waals surface area contributed by atoms with Gasteiger partial charge in [-0.05, 0) is 59.7 Å². The Balaban J connectivity index is 1.88. The summed E-state index contributed by atoms with van der Waals surface area (Å²) in [7, 11) is 0. The average molecular weight is 380 g/mol. The smallest absolute Gasteiger partial charge is 0.313 e. The summed E-state index contributed by atoms with van der Waals surface area (Å²) in [5.74, 6) is -0.468. The molecule has 0 amide bonds. The summed E-state index contributed by atoms with van der Waals surface area (Å²) in [5, 5.41) is 7.00. The molecule has 0 fully saturated rings. The number of carbonyl (C=O) groups excluding carboxylic acids is 1. The number of thiophene rings is 1. The van der Waals surface area contributed by atoms with Gasteiger partial charge in [0.25, 0.3) is 0 Å². The molecule has 0 aliphatic heterocycles. The quantitative estimate of drug-likeness (QED) is 0.392. The highest BCUT2D eigenvalue weighted by molar-refractivity contribution is 8.00. The van der Waals surface area contributed by atoms with E-state index in [1.165, 1.54) is 9.77 Å². The molecule has 0 bridgehead atoms. The van der Waals surface area contributed by atoms with Crippen molar-refractivity contribution in [2.75, 3.05) is 6.26 Å². The van der Waals surface area contributed by atoms with E-state index >= 15 is 0 Å². The minimum Gasteiger partial charge on any atom is -0.313 e. The Kier molecular flexibility index (Phi) is 5.04. The minimum atomic E-state index is -0.468. The molecule has 24 heavy (non-hydrogen) atoms. The lowest BCUT2D eigenvalue weighted by Gasteiger charge is -2.30. The van der Waals surface area contributed by atoms with Gasteiger partial charge in [0.2, 0.25) is 0 Å². The van der Waals surface area contributed by atoms with Crippen LogP contribution in [0.4, 0.5) is 0 Å². The molecule has 0 unspecified atom stereocenters. The molecule has 3 rings (SSSR count). The van der Waals surface area contributed by atoms with Gasteiger partial charge in [0.1, 0.15) is 0 Å². The molecule has 2 aromatic rings. The standard InChI is InChI=1S/C18H18ClNO2S2/c1-18(2)8-12-10-24-17(23-3)15(12)14(9-18)20-22-16(21)11-4-6-13(19)7-5-11/h4-7,10H,8-9H2,1-3H3. The van der Waals surface area contributed by atoms with Crippen molar-refractivity contribution < 1.29 is 9.63 Å². The molecule has 1 heterocycles. The zero-order valence-corrected chi connectivity index (χ0v) is 16.1. The highest BCUT2D eigenvalue weighted by Crippen LogP contribution is 2.42. The lowest BCUT2D eigenvalue weighted by Crippen LogP contribution is -2.27. The monoisotopic (exact) mass is 379 g/mol. The molecular formula is C18H18ClNO2S2. The van der Waals surface area contributed by atoms with E-state index in [0.29, 0.717) is 10.6 Å². The number of hydrogen-bond donors (Lipinski definition) is 0. The van der Waals surface area contributed by atoms with E-state index in [4.69, 9.17) is 16.4 Å². The van der Waals surface area contributed by atoms with Gasteiger partial charge in [-0.3, -0.25) is 0 Å². The molecule has 126 valence electrons. The Bertz CT molecular complexity index is 794. The maximum atomic E-state index is 12.2. The molecule has 1 aliphatic rings. The van der Waals surface area contributed by atoms with Crippen molar-refractivity contribution in [3.63, 3.8) is 0 Å². The van der Waals surface area contributed by atoms with Crippen LogP contribution in [0.1, 0.15) is 41.8 Å². The van der Waals surface area contributed by atoms with E-state index in [2.05, 4.69) is 30.6 Å². The number of halogens is 1. The Morgan fingerprint density at radius 3 is 2.67 bits per heavy atom. The summed E-state index contributed by atoms with van der Waals surface area (Å²) in [6.07, 6.45) is 3.87. The van der Waals surface area contributed by atoms with Crippen molar-refractivity contribution in [2.45, 2.75) is 30.9 Å². The molecule has 1 aromatic carbocycles. The highest BCUT2D eigenvalue weighted by Gasteiger charge is 2.33. The summed E-state index contributed by atoms with van der Waals surface area (Å²) in [6, 6.07) is 6.60. The summed E-state index contributed by atoms with van der Waals surface area (Å²) in [5.41, 5.74) is 3.84. The molecule has 1 aromatic heterocycles. The second kappa shape index (κ2) is 6.90. The van der Waals surface area contributed by atoms with E-state index in [-0.39, 0.29) is 5.41 Å². The van der Waals surface area contributed by atoms with Gasteiger partial charge in [0.15, 0.2) is 0 Å². The van der Waals surface area contributed by atoms with E-state index in [9.17, 15) is 4.79 Å². The SMILES string of the molecule is CSc1scc2c1C(=NOC(=O)c1ccc(Cl)cc1)CC(C)(C)C2. The minimum absolute atomic E-state index is 0.106. The number of hydrogen-bond acceptors (Lipinski definition) is 5. The van der Waals surface area contributed by atoms with Crippen LogP contribution in [0.2, 0.25) is 5.02 Å². The molecule has 3 nitrogen and oxygen atoms in total. The van der Waals surface area contributed by atoms with Gasteiger partial charge >= 0.3 is 5.97 Å². The number of thioether (sulfide) groups is 1. The maximum Gasteiger partial charge on any atom is 0.365 e. The topological polar surface area (TPSA) is 38.7 Å². The summed E-state index contributed by atoms with van der Waals surface area (Å²) in [4.78, 5) is 17.4. The fourth-order valence-electron chi connectivity index (χ4n) is 2.89. The summed E-state index contributed by atoms with van der Waals surface area (Å²) < 4.78 is 1.22. The zero-order valence-electron chi connectivity index (χ0n) is 13.8. The average Bonchev–Trinajstić information content (AvgIpc) is 2.94. The number of rotatable bonds is 3. The van der Waals surface area contributed by atoms with Crippen LogP contribution in [0, 0.1) is 5.41 Å². The van der Waals surface area contributed by atoms with Crippen LogP contribution in [0.25, 0.3) is 0 Å². The van der Waals surface area contributed by atoms with E-state index < -0.39 is 5.97 Å². The van der Waals surface area contributed by atoms with Gasteiger partial charge in [-0.15, -0.1) is 23.1 Å². The number of benzene rings is 1. The normalized spacial score (nSPS) is 17.6. The third-order valence-electron chi connectivity index (χ3n) is 3.94. The van der Waals surface area contributed by atoms with Crippen LogP contribution >= 0.6 is 34.7 Å². The molecule has 1 aliphatic carbocycles. The van der Waals surface area contributed by atoms with Crippen LogP contribution < -0.4 is 0 Å². The Hall–Kier alpha value is -1.30. The number of oxime groups is 1. The molecule has 0 radical (unpaired) electrons. The second-order valence-corrected chi connectivity index (χ2v) is 8.96. The number of carbonyl (C=O) groups is 1. The van der Waals surface area contributed by atoms with Crippen molar-refractivity contribution in [2.24, 2.45) is 10.6 Å². The van der Waals surface area contributed by atoms with Crippen LogP contribution in [-0.4, -0.2) is 17.9 Å². The Morgan fingerprint density at radius 2 is 2.00 bits per heavy atom. The molecule has 0 spiro atoms. The first kappa shape index (κ1) is 17.5. The molecular weight excluding hydrogens is 362 g/mol. The van der Waals surface area contributed by atoms with E-state index in [1.54, 1.807) is 47.4 Å². The van der Waals surface area contributed by atoms with E-state index in [1.807, 2.05) is 0 Å². The van der Waals surface area contributed by atoms with Crippen LogP contribution in [0.3, 0.4) is 0 Å². The van der Waals surface area contributed by atoms with Gasteiger partial charge in [-0.25, -0.2) is 4.79 Å². The maximum absolute atomic E-state index is 12.2. The first-order chi connectivity index (χ1) is 11.4. The first-order valence-corrected chi connectivity index (χ1v) is 10.1. The highest BCUT2D eigenvalue weighted by atomic mass is 35.5. The third-order valence-corrected chi connectivity index (χ3v) is 6.38. The zero-order chi connectivity index (χ0) is 17.3. The molecule has 0 atom stereocenters. The van der Waals surface area contributed by atoms with Gasteiger partial charge < -0.3 is 4.84 Å². The van der Waals surface area contributed by atoms with E-state index in [0.717, 1.165) is 24.1 Å². The predicted molar refractivity (Wildman–Crippen MR) is 102 cm³/mol. The van der Waals surface area contributed by atoms with Gasteiger partial charge in [0, 0.05) is 10.6 Å². The number of nitrogens with zero attached hydrogens (tertiary/aromatic N) is 1. The van der Waals surface area contributed by atoms with Crippen LogP contribution in [0.15, 0.2) is 39.0 Å². The van der Waals surface area contributed by atoms with Crippen molar-refractivity contribution in [3.05, 3.63) is 51.4 Å². The van der Waals surface area contributed by atoms with Gasteiger partial charge in [-0.2, -0.15) is 0 Å². The summed E-state index contributed by atoms with van der Waals surface area (Å²) in [6.45, 7) is 4.42. The molecule has 6 heteroatoms. The largest absolute Gasteiger partial charge is 0.365 e. The lowest BCUT2D eigenvalue weighted by atomic mass is 9.75. The fraction of sp³-hybridized carbons (Fsp3) is 0.333. The Morgan fingerprint density at radius 1 is 1.29 bits per heavy atom. The van der Waals surface area contributed by atoms with Crippen LogP contribution in [-0.2, 0) is 11.3 Å². The molecule has 0 saturated heterocycles. The van der Waals surface area contributed by atoms with Gasteiger partial charge in [-0.1, -0.05) is 30.6 Å². The van der Waals surface area contributed by atoms with Crippen LogP contribution in [0.5, 0.6) is 0 Å². The molecule has 0 N–H and O–H groups in total. The number of fused-ring (bicyclic) bond motifs is 1. The third kappa shape index (κ3) is 3.68. The van der Waals surface area contributed by atoms with Crippen molar-refractivity contribution in [3.8, 4) is 0 Å². The van der Waals surface area contributed by atoms with Crippen molar-refractivity contribution >= 4 is 46.4 Å². The Labute approximate surface area is 155 Å². The summed E-state index contributed by atoms with van der Waals surface area (Å²) >= 11 is 9.28. The lowest BCUT2D eigenvalue weighted by molar-refractivity contribution is 0.0514. The van der Waals surface area contributed by atoms with Crippen molar-refractivity contribution in [1.82, 2.24) is 0 Å². The van der Waals surface area contributed by atoms with Crippen molar-refractivity contribution in [1.29, 1.82) is 0 Å². The molecule has 0 saturated carbocycles. The second-order valence-electron chi connectivity index (χ2n) is 6.57. The first-order valence-electron chi connectivity index (χ1n) is 7.58. The van der Waals surface area contributed by atoms with Gasteiger partial charge in [0.05, 0.1) is 15.5 Å². The predicted octanol–water partition coefficient (Wildman–Crippen LogP) is 5.66. The fourth-order valence-corrected chi connectivity index (χ4v) is 4.82.